The van der Waals surface area contributed by atoms with Gasteiger partial charge < -0.3 is 17.7 Å². The standard InChI is InChI=1S/C16H30O8Si2/c1-13(17)21-25(5,6)11-9-7-8-10-12-26(22-14(2)18,23-15(3)19)24-16(4)20/h7-12H2,1-6H3. The SMILES string of the molecule is CC(=O)O[Si](C)(C)CCCCCC[Si](OC(C)=O)(OC(C)=O)OC(C)=O. The summed E-state index contributed by atoms with van der Waals surface area (Å²) in [7, 11) is -5.69. The topological polar surface area (TPSA) is 105 Å². The number of rotatable bonds is 11. The maximum absolute atomic E-state index is 11.3. The first kappa shape index (κ1) is 24.3. The molecule has 0 radical (unpaired) electrons. The monoisotopic (exact) mass is 406 g/mol. The maximum atomic E-state index is 11.3. The lowest BCUT2D eigenvalue weighted by Crippen LogP contribution is -2.49. The van der Waals surface area contributed by atoms with Gasteiger partial charge in [-0.25, -0.2) is 0 Å². The quantitative estimate of drug-likeness (QED) is 0.381. The molecule has 0 atom stereocenters. The highest BCUT2D eigenvalue weighted by Crippen LogP contribution is 2.23. The van der Waals surface area contributed by atoms with E-state index in [0.717, 1.165) is 25.3 Å². The van der Waals surface area contributed by atoms with Gasteiger partial charge in [-0.05, 0) is 25.6 Å². The first-order valence-electron chi connectivity index (χ1n) is 8.66. The van der Waals surface area contributed by atoms with E-state index >= 15 is 0 Å². The molecule has 0 unspecified atom stereocenters. The van der Waals surface area contributed by atoms with Crippen molar-refractivity contribution in [2.45, 2.75) is 78.6 Å². The molecule has 8 nitrogen and oxygen atoms in total. The summed E-state index contributed by atoms with van der Waals surface area (Å²) in [6.45, 7) is 8.93. The van der Waals surface area contributed by atoms with Gasteiger partial charge in [-0.2, -0.15) is 0 Å². The molecule has 0 amide bonds. The third kappa shape index (κ3) is 11.8. The fourth-order valence-electron chi connectivity index (χ4n) is 2.56. The highest BCUT2D eigenvalue weighted by Gasteiger charge is 2.51. The largest absolute Gasteiger partial charge is 0.705 e. The number of carbonyl (C=O) groups excluding carboxylic acids is 4. The van der Waals surface area contributed by atoms with E-state index in [0.29, 0.717) is 6.42 Å². The zero-order chi connectivity index (χ0) is 20.4. The second-order valence-corrected chi connectivity index (χ2v) is 13.4. The van der Waals surface area contributed by atoms with Gasteiger partial charge >= 0.3 is 8.80 Å². The predicted octanol–water partition coefficient (Wildman–Crippen LogP) is 2.94. The first-order chi connectivity index (χ1) is 11.9. The number of carbonyl (C=O) groups is 4. The van der Waals surface area contributed by atoms with Crippen LogP contribution in [0.25, 0.3) is 0 Å². The van der Waals surface area contributed by atoms with Gasteiger partial charge in [-0.3, -0.25) is 19.2 Å². The van der Waals surface area contributed by atoms with Crippen molar-refractivity contribution in [3.05, 3.63) is 0 Å². The molecule has 0 aliphatic heterocycles. The minimum Gasteiger partial charge on any atom is -0.520 e. The van der Waals surface area contributed by atoms with Crippen LogP contribution in [0.4, 0.5) is 0 Å². The van der Waals surface area contributed by atoms with E-state index in [-0.39, 0.29) is 12.0 Å². The molecule has 0 aliphatic carbocycles. The Morgan fingerprint density at radius 1 is 0.577 bits per heavy atom. The lowest BCUT2D eigenvalue weighted by molar-refractivity contribution is -0.148. The highest BCUT2D eigenvalue weighted by atomic mass is 28.4. The minimum absolute atomic E-state index is 0.191. The molecule has 0 spiro atoms. The smallest absolute Gasteiger partial charge is 0.520 e. The molecule has 0 aliphatic rings. The van der Waals surface area contributed by atoms with Gasteiger partial charge in [-0.1, -0.05) is 19.3 Å². The summed E-state index contributed by atoms with van der Waals surface area (Å²) in [6.07, 6.45) is 3.14. The van der Waals surface area contributed by atoms with Crippen LogP contribution in [0.5, 0.6) is 0 Å². The van der Waals surface area contributed by atoms with E-state index in [9.17, 15) is 19.2 Å². The Balaban J connectivity index is 4.56. The van der Waals surface area contributed by atoms with Crippen LogP contribution in [0.2, 0.25) is 25.2 Å². The van der Waals surface area contributed by atoms with Crippen LogP contribution in [0.1, 0.15) is 53.4 Å². The first-order valence-corrected chi connectivity index (χ1v) is 13.7. The third-order valence-corrected chi connectivity index (χ3v) is 8.49. The summed E-state index contributed by atoms with van der Waals surface area (Å²) in [5.41, 5.74) is 0. The van der Waals surface area contributed by atoms with Crippen molar-refractivity contribution in [2.24, 2.45) is 0 Å². The Labute approximate surface area is 157 Å². The molecule has 0 fully saturated rings. The second-order valence-electron chi connectivity index (χ2n) is 6.73. The molecular weight excluding hydrogens is 376 g/mol. The van der Waals surface area contributed by atoms with Crippen molar-refractivity contribution in [1.29, 1.82) is 0 Å². The average molecular weight is 407 g/mol. The van der Waals surface area contributed by atoms with Crippen molar-refractivity contribution in [3.63, 3.8) is 0 Å². The minimum atomic E-state index is -3.71. The summed E-state index contributed by atoms with van der Waals surface area (Å²) in [6, 6.07) is 1.05. The Hall–Kier alpha value is -1.69. The Morgan fingerprint density at radius 3 is 1.27 bits per heavy atom. The van der Waals surface area contributed by atoms with Crippen LogP contribution in [0.3, 0.4) is 0 Å². The molecule has 0 rings (SSSR count). The van der Waals surface area contributed by atoms with Crippen molar-refractivity contribution >= 4 is 41.0 Å². The van der Waals surface area contributed by atoms with Gasteiger partial charge in [0, 0.05) is 27.7 Å². The summed E-state index contributed by atoms with van der Waals surface area (Å²) in [5, 5.41) is 0. The molecule has 0 aromatic carbocycles. The third-order valence-electron chi connectivity index (χ3n) is 3.33. The number of hydrogen-bond donors (Lipinski definition) is 0. The van der Waals surface area contributed by atoms with Crippen LogP contribution < -0.4 is 0 Å². The predicted molar refractivity (Wildman–Crippen MR) is 98.4 cm³/mol. The van der Waals surface area contributed by atoms with Crippen LogP contribution in [-0.4, -0.2) is 41.0 Å². The summed E-state index contributed by atoms with van der Waals surface area (Å²) in [4.78, 5) is 45.1. The van der Waals surface area contributed by atoms with Crippen LogP contribution in [0.15, 0.2) is 0 Å². The van der Waals surface area contributed by atoms with E-state index in [4.69, 9.17) is 17.7 Å². The molecule has 0 aromatic rings. The van der Waals surface area contributed by atoms with E-state index < -0.39 is 35.0 Å². The van der Waals surface area contributed by atoms with Gasteiger partial charge in [0.15, 0.2) is 0 Å². The Bertz CT molecular complexity index is 478. The van der Waals surface area contributed by atoms with E-state index in [1.54, 1.807) is 0 Å². The summed E-state index contributed by atoms with van der Waals surface area (Å²) >= 11 is 0. The van der Waals surface area contributed by atoms with E-state index in [1.807, 2.05) is 13.1 Å². The average Bonchev–Trinajstić information content (AvgIpc) is 2.38. The fourth-order valence-corrected chi connectivity index (χ4v) is 6.97. The molecule has 0 saturated heterocycles. The number of unbranched alkanes of at least 4 members (excludes halogenated alkanes) is 3. The molecule has 26 heavy (non-hydrogen) atoms. The van der Waals surface area contributed by atoms with Crippen molar-refractivity contribution in [2.75, 3.05) is 0 Å². The second kappa shape index (κ2) is 11.1. The molecule has 0 N–H and O–H groups in total. The lowest BCUT2D eigenvalue weighted by Gasteiger charge is -2.26. The number of hydrogen-bond acceptors (Lipinski definition) is 8. The lowest BCUT2D eigenvalue weighted by atomic mass is 10.2. The summed E-state index contributed by atoms with van der Waals surface area (Å²) in [5.74, 6) is -2.23. The summed E-state index contributed by atoms with van der Waals surface area (Å²) < 4.78 is 20.7. The van der Waals surface area contributed by atoms with Gasteiger partial charge in [0.1, 0.15) is 0 Å². The Morgan fingerprint density at radius 2 is 0.923 bits per heavy atom. The molecule has 150 valence electrons. The molecule has 0 bridgehead atoms. The van der Waals surface area contributed by atoms with E-state index in [2.05, 4.69) is 0 Å². The Kier molecular flexibility index (Phi) is 10.4. The van der Waals surface area contributed by atoms with Crippen LogP contribution in [-0.2, 0) is 36.9 Å². The van der Waals surface area contributed by atoms with Gasteiger partial charge in [0.25, 0.3) is 23.9 Å². The molecule has 0 saturated carbocycles. The van der Waals surface area contributed by atoms with Crippen molar-refractivity contribution in [1.82, 2.24) is 0 Å². The normalized spacial score (nSPS) is 11.5. The van der Waals surface area contributed by atoms with Crippen molar-refractivity contribution < 1.29 is 36.9 Å². The van der Waals surface area contributed by atoms with Crippen molar-refractivity contribution in [3.8, 4) is 0 Å². The zero-order valence-corrected chi connectivity index (χ0v) is 18.5. The van der Waals surface area contributed by atoms with E-state index in [1.165, 1.54) is 27.7 Å². The highest BCUT2D eigenvalue weighted by molar-refractivity contribution is 6.72. The molecule has 0 heterocycles. The van der Waals surface area contributed by atoms with Gasteiger partial charge in [-0.15, -0.1) is 0 Å². The van der Waals surface area contributed by atoms with Crippen LogP contribution in [0, 0.1) is 0 Å². The molecule has 10 heteroatoms. The van der Waals surface area contributed by atoms with Crippen LogP contribution >= 0.6 is 0 Å². The maximum Gasteiger partial charge on any atom is 0.705 e. The molecular formula is C16H30O8Si2. The van der Waals surface area contributed by atoms with Gasteiger partial charge in [0.05, 0.1) is 6.04 Å². The molecule has 0 aromatic heterocycles. The fraction of sp³-hybridized carbons (Fsp3) is 0.750. The zero-order valence-electron chi connectivity index (χ0n) is 16.5. The van der Waals surface area contributed by atoms with Gasteiger partial charge in [0.2, 0.25) is 8.32 Å².